The Balaban J connectivity index is 1.29. The summed E-state index contributed by atoms with van der Waals surface area (Å²) in [5.41, 5.74) is 23.4. The van der Waals surface area contributed by atoms with Gasteiger partial charge in [-0.05, 0) is 119 Å². The molecule has 0 fully saturated rings. The first-order chi connectivity index (χ1) is 29.6. The molecule has 0 N–H and O–H groups in total. The van der Waals surface area contributed by atoms with Crippen LogP contribution in [0.15, 0.2) is 118 Å². The number of hydrogen-bond donors (Lipinski definition) is 0. The fourth-order valence-corrected chi connectivity index (χ4v) is 12.3. The summed E-state index contributed by atoms with van der Waals surface area (Å²) in [4.78, 5) is 0. The highest BCUT2D eigenvalue weighted by Crippen LogP contribution is 2.60. The lowest BCUT2D eigenvalue weighted by Crippen LogP contribution is -2.23. The average Bonchev–Trinajstić information content (AvgIpc) is 4.06. The van der Waals surface area contributed by atoms with Gasteiger partial charge in [0.25, 0.3) is 0 Å². The minimum atomic E-state index is -0.144. The van der Waals surface area contributed by atoms with Gasteiger partial charge in [0.15, 0.2) is 0 Å². The first kappa shape index (κ1) is 32.6. The van der Waals surface area contributed by atoms with E-state index in [9.17, 15) is 0 Å². The lowest BCUT2D eigenvalue weighted by atomic mass is 9.76. The zero-order chi connectivity index (χ0) is 40.7. The van der Waals surface area contributed by atoms with Crippen molar-refractivity contribution < 1.29 is 8.83 Å². The van der Waals surface area contributed by atoms with Crippen LogP contribution < -0.4 is 0 Å². The van der Waals surface area contributed by atoms with E-state index >= 15 is 0 Å². The van der Waals surface area contributed by atoms with E-state index in [1.54, 1.807) is 0 Å². The number of imidazole rings is 2. The Labute approximate surface area is 349 Å². The third-order valence-electron chi connectivity index (χ3n) is 14.5. The fourth-order valence-electron chi connectivity index (χ4n) is 12.3. The van der Waals surface area contributed by atoms with Crippen LogP contribution in [0.25, 0.3) is 110 Å². The van der Waals surface area contributed by atoms with E-state index in [0.29, 0.717) is 0 Å². The summed E-state index contributed by atoms with van der Waals surface area (Å²) >= 11 is 0. The Kier molecular flexibility index (Phi) is 5.47. The first-order valence-electron chi connectivity index (χ1n) is 21.6. The molecule has 61 heavy (non-hydrogen) atoms. The number of benzene rings is 7. The molecule has 0 spiro atoms. The summed E-state index contributed by atoms with van der Waals surface area (Å²) in [5, 5.41) is 9.59. The van der Waals surface area contributed by atoms with Crippen molar-refractivity contribution in [2.45, 2.75) is 59.8 Å². The molecule has 6 heteroatoms. The van der Waals surface area contributed by atoms with Crippen LogP contribution in [0.3, 0.4) is 0 Å². The third-order valence-corrected chi connectivity index (χ3v) is 14.5. The molecule has 0 amide bonds. The molecule has 0 bridgehead atoms. The molecule has 6 aromatic heterocycles. The molecule has 0 saturated carbocycles. The molecule has 0 unspecified atom stereocenters. The lowest BCUT2D eigenvalue weighted by molar-refractivity contribution is 0.588. The second-order valence-electron chi connectivity index (χ2n) is 19.2. The molecule has 0 aliphatic carbocycles. The Morgan fingerprint density at radius 1 is 0.492 bits per heavy atom. The van der Waals surface area contributed by atoms with E-state index in [0.717, 1.165) is 22.6 Å². The van der Waals surface area contributed by atoms with Gasteiger partial charge in [-0.1, -0.05) is 93.6 Å². The SMILES string of the molecule is Cc1cc(C)c2c(c1)n1c3oc4ccc5ccccc5c4c3c3c1n2-c1cc(C(C)(C)C)cc2c1C3c1c3c4c(ccc5ccccc54)oc3n3c4cc(C)cc(C)c4n-2c13. The highest BCUT2D eigenvalue weighted by Gasteiger charge is 2.46. The smallest absolute Gasteiger partial charge is 0.214 e. The molecule has 0 saturated heterocycles. The number of rotatable bonds is 0. The molecule has 292 valence electrons. The zero-order valence-electron chi connectivity index (χ0n) is 35.1. The van der Waals surface area contributed by atoms with Gasteiger partial charge in [0, 0.05) is 33.4 Å². The lowest BCUT2D eigenvalue weighted by Gasteiger charge is -2.35. The second-order valence-corrected chi connectivity index (χ2v) is 19.2. The maximum Gasteiger partial charge on any atom is 0.214 e. The standard InChI is InChI=1S/C55H40N4O2/c1-26-20-28(3)49-37(22-26)58-51-45(47-41-33-14-10-8-12-30(33)16-18-39(41)60-53(47)58)44-43-35(56(49)51)24-32(55(5,6)7)25-36(43)57-50-29(4)21-27(2)23-38(50)59-52(57)46(44)48-42-34-15-11-9-13-31(34)17-19-40(42)61-54(48)59/h8-25,44H,1-7H3. The molecule has 13 aromatic rings. The number of aromatic nitrogens is 4. The second kappa shape index (κ2) is 10.2. The monoisotopic (exact) mass is 788 g/mol. The van der Waals surface area contributed by atoms with Crippen molar-refractivity contribution in [3.63, 3.8) is 0 Å². The molecular formula is C55H40N4O2. The highest BCUT2D eigenvalue weighted by molar-refractivity contribution is 6.25. The number of nitrogens with zero attached hydrogens (tertiary/aromatic N) is 4. The largest absolute Gasteiger partial charge is 0.439 e. The minimum Gasteiger partial charge on any atom is -0.439 e. The molecule has 8 heterocycles. The minimum absolute atomic E-state index is 0.118. The fraction of sp³-hybridized carbons (Fsp3) is 0.164. The number of hydrogen-bond acceptors (Lipinski definition) is 2. The summed E-state index contributed by atoms with van der Waals surface area (Å²) in [5.74, 6) is -0.144. The van der Waals surface area contributed by atoms with Crippen molar-refractivity contribution in [1.82, 2.24) is 17.9 Å². The van der Waals surface area contributed by atoms with Gasteiger partial charge in [-0.25, -0.2) is 0 Å². The molecule has 2 aliphatic heterocycles. The number of aryl methyl sites for hydroxylation is 4. The molecular weight excluding hydrogens is 749 g/mol. The Hall–Kier alpha value is -7.18. The van der Waals surface area contributed by atoms with E-state index < -0.39 is 0 Å². The van der Waals surface area contributed by atoms with E-state index in [1.165, 1.54) is 132 Å². The van der Waals surface area contributed by atoms with Gasteiger partial charge in [-0.3, -0.25) is 17.9 Å². The topological polar surface area (TPSA) is 45.0 Å². The number of fused-ring (bicyclic) bond motifs is 24. The van der Waals surface area contributed by atoms with Gasteiger partial charge in [-0.15, -0.1) is 0 Å². The normalized spacial score (nSPS) is 14.1. The van der Waals surface area contributed by atoms with E-state index in [2.05, 4.69) is 176 Å². The summed E-state index contributed by atoms with van der Waals surface area (Å²) in [6.07, 6.45) is 0. The van der Waals surface area contributed by atoms with Crippen molar-refractivity contribution in [3.8, 4) is 11.4 Å². The van der Waals surface area contributed by atoms with Crippen molar-refractivity contribution in [1.29, 1.82) is 0 Å². The van der Waals surface area contributed by atoms with Crippen molar-refractivity contribution in [2.24, 2.45) is 0 Å². The van der Waals surface area contributed by atoms with Crippen LogP contribution in [0.2, 0.25) is 0 Å². The molecule has 0 atom stereocenters. The number of furan rings is 2. The maximum atomic E-state index is 7.23. The quantitative estimate of drug-likeness (QED) is 0.154. The summed E-state index contributed by atoms with van der Waals surface area (Å²) < 4.78 is 24.6. The predicted octanol–water partition coefficient (Wildman–Crippen LogP) is 14.5. The Bertz CT molecular complexity index is 3990. The van der Waals surface area contributed by atoms with Crippen LogP contribution >= 0.6 is 0 Å². The third kappa shape index (κ3) is 3.59. The average molecular weight is 789 g/mol. The summed E-state index contributed by atoms with van der Waals surface area (Å²) in [7, 11) is 0. The summed E-state index contributed by atoms with van der Waals surface area (Å²) in [6, 6.07) is 40.8. The van der Waals surface area contributed by atoms with E-state index in [-0.39, 0.29) is 11.3 Å². The molecule has 15 rings (SSSR count). The van der Waals surface area contributed by atoms with Gasteiger partial charge >= 0.3 is 0 Å². The van der Waals surface area contributed by atoms with Gasteiger partial charge in [-0.2, -0.15) is 0 Å². The Morgan fingerprint density at radius 3 is 1.41 bits per heavy atom. The first-order valence-corrected chi connectivity index (χ1v) is 21.6. The van der Waals surface area contributed by atoms with Crippen molar-refractivity contribution in [2.75, 3.05) is 0 Å². The van der Waals surface area contributed by atoms with Crippen molar-refractivity contribution in [3.05, 3.63) is 154 Å². The zero-order valence-corrected chi connectivity index (χ0v) is 35.1. The van der Waals surface area contributed by atoms with Gasteiger partial charge in [0.1, 0.15) is 22.5 Å². The van der Waals surface area contributed by atoms with E-state index in [1.807, 2.05) is 0 Å². The Morgan fingerprint density at radius 2 is 0.951 bits per heavy atom. The van der Waals surface area contributed by atoms with Gasteiger partial charge in [0.2, 0.25) is 11.4 Å². The van der Waals surface area contributed by atoms with Crippen LogP contribution in [0, 0.1) is 27.7 Å². The van der Waals surface area contributed by atoms with Gasteiger partial charge in [0.05, 0.1) is 44.2 Å². The molecule has 2 aliphatic rings. The maximum absolute atomic E-state index is 7.23. The van der Waals surface area contributed by atoms with Crippen LogP contribution in [-0.2, 0) is 5.41 Å². The van der Waals surface area contributed by atoms with Crippen LogP contribution in [0.4, 0.5) is 0 Å². The van der Waals surface area contributed by atoms with Crippen LogP contribution in [-0.4, -0.2) is 17.9 Å². The van der Waals surface area contributed by atoms with Gasteiger partial charge < -0.3 is 8.83 Å². The molecule has 0 radical (unpaired) electrons. The molecule has 7 aromatic carbocycles. The predicted molar refractivity (Wildman–Crippen MR) is 250 cm³/mol. The van der Waals surface area contributed by atoms with Crippen LogP contribution in [0.5, 0.6) is 0 Å². The van der Waals surface area contributed by atoms with E-state index in [4.69, 9.17) is 8.83 Å². The van der Waals surface area contributed by atoms with Crippen molar-refractivity contribution >= 4 is 99.0 Å². The highest BCUT2D eigenvalue weighted by atomic mass is 16.3. The molecule has 6 nitrogen and oxygen atoms in total. The summed E-state index contributed by atoms with van der Waals surface area (Å²) in [6.45, 7) is 16.0. The van der Waals surface area contributed by atoms with Crippen LogP contribution in [0.1, 0.15) is 71.2 Å².